The molecule has 0 atom stereocenters. The largest absolute Gasteiger partial charge is 0.497 e. The van der Waals surface area contributed by atoms with Gasteiger partial charge in [-0.25, -0.2) is 0 Å². The van der Waals surface area contributed by atoms with Crippen molar-refractivity contribution in [2.45, 2.75) is 13.8 Å². The molecule has 0 bridgehead atoms. The number of benzene rings is 3. The molecule has 0 aliphatic heterocycles. The van der Waals surface area contributed by atoms with E-state index >= 15 is 0 Å². The van der Waals surface area contributed by atoms with E-state index in [1.165, 1.54) is 33.4 Å². The summed E-state index contributed by atoms with van der Waals surface area (Å²) in [6.07, 6.45) is 0. The van der Waals surface area contributed by atoms with Crippen LogP contribution in [-0.4, -0.2) is 14.2 Å². The maximum Gasteiger partial charge on any atom is 0.118 e. The SMILES string of the molecule is COc1ccc(-c2cc(C)c(-c3ccc(OC)cc3)cc2C)cc1. The van der Waals surface area contributed by atoms with Crippen LogP contribution in [0.2, 0.25) is 0 Å². The zero-order valence-corrected chi connectivity index (χ0v) is 14.6. The minimum Gasteiger partial charge on any atom is -0.497 e. The van der Waals surface area contributed by atoms with E-state index in [1.54, 1.807) is 14.2 Å². The number of methoxy groups -OCH3 is 2. The molecule has 0 fully saturated rings. The van der Waals surface area contributed by atoms with Crippen LogP contribution in [0.1, 0.15) is 11.1 Å². The number of aryl methyl sites for hydroxylation is 2. The second kappa shape index (κ2) is 6.79. The lowest BCUT2D eigenvalue weighted by Crippen LogP contribution is -1.91. The fourth-order valence-electron chi connectivity index (χ4n) is 2.98. The van der Waals surface area contributed by atoms with E-state index in [2.05, 4.69) is 50.2 Å². The van der Waals surface area contributed by atoms with Gasteiger partial charge in [-0.15, -0.1) is 0 Å². The van der Waals surface area contributed by atoms with Gasteiger partial charge in [0.25, 0.3) is 0 Å². The Balaban J connectivity index is 2.01. The molecule has 0 heterocycles. The third-order valence-corrected chi connectivity index (χ3v) is 4.37. The van der Waals surface area contributed by atoms with E-state index < -0.39 is 0 Å². The Bertz CT molecular complexity index is 758. The van der Waals surface area contributed by atoms with Gasteiger partial charge < -0.3 is 9.47 Å². The van der Waals surface area contributed by atoms with E-state index in [0.29, 0.717) is 0 Å². The van der Waals surface area contributed by atoms with Gasteiger partial charge in [0.05, 0.1) is 14.2 Å². The van der Waals surface area contributed by atoms with Gasteiger partial charge in [-0.2, -0.15) is 0 Å². The van der Waals surface area contributed by atoms with E-state index in [9.17, 15) is 0 Å². The number of rotatable bonds is 4. The van der Waals surface area contributed by atoms with Crippen LogP contribution in [0.25, 0.3) is 22.3 Å². The molecule has 0 radical (unpaired) electrons. The summed E-state index contributed by atoms with van der Waals surface area (Å²) < 4.78 is 10.5. The molecular formula is C22H22O2. The van der Waals surface area contributed by atoms with Crippen molar-refractivity contribution in [1.29, 1.82) is 0 Å². The van der Waals surface area contributed by atoms with Gasteiger partial charge in [-0.05, 0) is 71.5 Å². The third-order valence-electron chi connectivity index (χ3n) is 4.37. The number of hydrogen-bond donors (Lipinski definition) is 0. The van der Waals surface area contributed by atoms with Gasteiger partial charge in [-0.3, -0.25) is 0 Å². The first-order valence-corrected chi connectivity index (χ1v) is 8.02. The average molecular weight is 318 g/mol. The first-order chi connectivity index (χ1) is 11.6. The molecule has 24 heavy (non-hydrogen) atoms. The Morgan fingerprint density at radius 1 is 0.542 bits per heavy atom. The van der Waals surface area contributed by atoms with Gasteiger partial charge in [0.1, 0.15) is 11.5 Å². The smallest absolute Gasteiger partial charge is 0.118 e. The molecule has 0 saturated heterocycles. The first kappa shape index (κ1) is 16.1. The van der Waals surface area contributed by atoms with Crippen LogP contribution in [0, 0.1) is 13.8 Å². The zero-order chi connectivity index (χ0) is 17.1. The summed E-state index contributed by atoms with van der Waals surface area (Å²) in [6.45, 7) is 4.32. The fraction of sp³-hybridized carbons (Fsp3) is 0.182. The second-order valence-corrected chi connectivity index (χ2v) is 5.94. The first-order valence-electron chi connectivity index (χ1n) is 8.02. The van der Waals surface area contributed by atoms with Crippen LogP contribution in [0.15, 0.2) is 60.7 Å². The minimum atomic E-state index is 0.878. The van der Waals surface area contributed by atoms with Crippen molar-refractivity contribution < 1.29 is 9.47 Å². The van der Waals surface area contributed by atoms with Crippen molar-refractivity contribution in [3.8, 4) is 33.8 Å². The lowest BCUT2D eigenvalue weighted by Gasteiger charge is -2.13. The molecule has 3 aromatic carbocycles. The summed E-state index contributed by atoms with van der Waals surface area (Å²) in [5, 5.41) is 0. The third kappa shape index (κ3) is 3.13. The minimum absolute atomic E-state index is 0.878. The summed E-state index contributed by atoms with van der Waals surface area (Å²) in [4.78, 5) is 0. The maximum atomic E-state index is 5.24. The van der Waals surface area contributed by atoms with E-state index in [1.807, 2.05) is 24.3 Å². The van der Waals surface area contributed by atoms with Gasteiger partial charge >= 0.3 is 0 Å². The second-order valence-electron chi connectivity index (χ2n) is 5.94. The monoisotopic (exact) mass is 318 g/mol. The molecule has 0 aliphatic rings. The van der Waals surface area contributed by atoms with Crippen molar-refractivity contribution in [2.75, 3.05) is 14.2 Å². The standard InChI is InChI=1S/C22H22O2/c1-15-13-22(18-7-11-20(24-4)12-8-18)16(2)14-21(15)17-5-9-19(23-3)10-6-17/h5-14H,1-4H3. The molecule has 0 unspecified atom stereocenters. The van der Waals surface area contributed by atoms with Crippen molar-refractivity contribution >= 4 is 0 Å². The van der Waals surface area contributed by atoms with Crippen molar-refractivity contribution in [3.05, 3.63) is 71.8 Å². The molecule has 122 valence electrons. The molecule has 0 amide bonds. The maximum absolute atomic E-state index is 5.24. The fourth-order valence-corrected chi connectivity index (χ4v) is 2.98. The van der Waals surface area contributed by atoms with Crippen LogP contribution in [0.5, 0.6) is 11.5 Å². The van der Waals surface area contributed by atoms with Gasteiger partial charge in [0.15, 0.2) is 0 Å². The Morgan fingerprint density at radius 3 is 1.17 bits per heavy atom. The molecule has 3 rings (SSSR count). The molecule has 2 heteroatoms. The van der Waals surface area contributed by atoms with Gasteiger partial charge in [0, 0.05) is 0 Å². The topological polar surface area (TPSA) is 18.5 Å². The highest BCUT2D eigenvalue weighted by Gasteiger charge is 2.09. The summed E-state index contributed by atoms with van der Waals surface area (Å²) in [7, 11) is 3.38. The molecule has 0 spiro atoms. The Kier molecular flexibility index (Phi) is 4.57. The van der Waals surface area contributed by atoms with Crippen molar-refractivity contribution in [1.82, 2.24) is 0 Å². The highest BCUT2D eigenvalue weighted by atomic mass is 16.5. The molecule has 0 aliphatic carbocycles. The molecule has 0 aromatic heterocycles. The van der Waals surface area contributed by atoms with Crippen molar-refractivity contribution in [3.63, 3.8) is 0 Å². The van der Waals surface area contributed by atoms with Crippen LogP contribution in [-0.2, 0) is 0 Å². The zero-order valence-electron chi connectivity index (χ0n) is 14.6. The summed E-state index contributed by atoms with van der Waals surface area (Å²) in [5.74, 6) is 1.76. The lowest BCUT2D eigenvalue weighted by atomic mass is 9.92. The lowest BCUT2D eigenvalue weighted by molar-refractivity contribution is 0.415. The van der Waals surface area contributed by atoms with E-state index in [-0.39, 0.29) is 0 Å². The molecule has 0 N–H and O–H groups in total. The summed E-state index contributed by atoms with van der Waals surface area (Å²) >= 11 is 0. The highest BCUT2D eigenvalue weighted by Crippen LogP contribution is 2.33. The van der Waals surface area contributed by atoms with Gasteiger partial charge in [0.2, 0.25) is 0 Å². The quantitative estimate of drug-likeness (QED) is 0.618. The van der Waals surface area contributed by atoms with Crippen LogP contribution in [0.4, 0.5) is 0 Å². The highest BCUT2D eigenvalue weighted by molar-refractivity contribution is 5.76. The van der Waals surface area contributed by atoms with E-state index in [4.69, 9.17) is 9.47 Å². The van der Waals surface area contributed by atoms with Crippen LogP contribution in [0.3, 0.4) is 0 Å². The van der Waals surface area contributed by atoms with Gasteiger partial charge in [-0.1, -0.05) is 36.4 Å². The molecule has 2 nitrogen and oxygen atoms in total. The Morgan fingerprint density at radius 2 is 0.875 bits per heavy atom. The predicted molar refractivity (Wildman–Crippen MR) is 99.9 cm³/mol. The van der Waals surface area contributed by atoms with Crippen LogP contribution < -0.4 is 9.47 Å². The van der Waals surface area contributed by atoms with Crippen LogP contribution >= 0.6 is 0 Å². The Labute approximate surface area is 143 Å². The molecule has 3 aromatic rings. The normalized spacial score (nSPS) is 10.5. The van der Waals surface area contributed by atoms with E-state index in [0.717, 1.165) is 11.5 Å². The Hall–Kier alpha value is -2.74. The predicted octanol–water partition coefficient (Wildman–Crippen LogP) is 5.65. The molecule has 0 saturated carbocycles. The number of hydrogen-bond acceptors (Lipinski definition) is 2. The average Bonchev–Trinajstić information content (AvgIpc) is 2.63. The summed E-state index contributed by atoms with van der Waals surface area (Å²) in [5.41, 5.74) is 7.45. The number of ether oxygens (including phenoxy) is 2. The summed E-state index contributed by atoms with van der Waals surface area (Å²) in [6, 6.07) is 20.9. The van der Waals surface area contributed by atoms with Crippen molar-refractivity contribution in [2.24, 2.45) is 0 Å². The molecular weight excluding hydrogens is 296 g/mol.